The van der Waals surface area contributed by atoms with Crippen LogP contribution in [0.5, 0.6) is 0 Å². The van der Waals surface area contributed by atoms with Gasteiger partial charge in [0.25, 0.3) is 0 Å². The predicted octanol–water partition coefficient (Wildman–Crippen LogP) is -14.1. The summed E-state index contributed by atoms with van der Waals surface area (Å²) in [5, 5.41) is 159. The zero-order chi connectivity index (χ0) is 68.8. The largest absolute Gasteiger partial charge is 0.479 e. The third-order valence-electron chi connectivity index (χ3n) is 13.7. The third-order valence-corrected chi connectivity index (χ3v) is 15.0. The average Bonchev–Trinajstić information content (AvgIpc) is 0.777. The van der Waals surface area contributed by atoms with Crippen molar-refractivity contribution < 1.29 is 204 Å². The number of aliphatic carboxylic acids is 3. The van der Waals surface area contributed by atoms with E-state index in [0.29, 0.717) is 0 Å². The minimum Gasteiger partial charge on any atom is -0.479 e. The van der Waals surface area contributed by atoms with Crippen LogP contribution < -0.4 is 16.0 Å². The number of carbonyl (C=O) groups is 7. The van der Waals surface area contributed by atoms with Crippen LogP contribution in [-0.2, 0) is 125 Å². The van der Waals surface area contributed by atoms with E-state index < -0.39 is 264 Å². The SMILES string of the molecule is CC(=O)N[C@H]1[C@H](O[C@H]2[C@H](O)[C@@H](O)[C@H](O[C@H]3[C@@H](O)[C@@H](COS(=O)(=O)O)O[C@@H](O[C@H]4[C@H](O)[C@@H](O)[C@H](O[C@@H]([C@@H](O)[C@H](O)COS(=O)(=O)O)[C@H](C=O)NC(C)=O)O[C@@H]4C(=O)O)[C@@H]3NC(C)=O)O[C@@H]2C(=O)O)O[C@H](COS(=O)(=O)O)[C@H](O)[C@@H]1O[C@@H]1O[C@H](C(=O)O)[C@@H](O)[C@H](O)[C@H]1O. The van der Waals surface area contributed by atoms with Gasteiger partial charge in [-0.05, 0) is 0 Å². The van der Waals surface area contributed by atoms with Gasteiger partial charge in [0.15, 0.2) is 49.8 Å². The number of aldehydes is 1. The molecule has 0 aromatic carbocycles. The lowest BCUT2D eigenvalue weighted by atomic mass is 9.93. The van der Waals surface area contributed by atoms with E-state index in [1.165, 1.54) is 0 Å². The second-order valence-electron chi connectivity index (χ2n) is 20.3. The summed E-state index contributed by atoms with van der Waals surface area (Å²) < 4.78 is 165. The highest BCUT2D eigenvalue weighted by Gasteiger charge is 2.60. The Hall–Kier alpha value is -4.74. The highest BCUT2D eigenvalue weighted by atomic mass is 32.3. The molecule has 5 aliphatic rings. The molecule has 0 radical (unpaired) electrons. The van der Waals surface area contributed by atoms with E-state index in [0.717, 1.165) is 20.8 Å². The molecule has 49 heteroatoms. The van der Waals surface area contributed by atoms with Gasteiger partial charge in [-0.15, -0.1) is 0 Å². The van der Waals surface area contributed by atoms with Crippen molar-refractivity contribution in [2.75, 3.05) is 19.8 Å². The minimum atomic E-state index is -5.54. The molecule has 5 heterocycles. The Morgan fingerprint density at radius 2 is 0.824 bits per heavy atom. The molecule has 0 unspecified atom stereocenters. The van der Waals surface area contributed by atoms with E-state index in [1.54, 1.807) is 0 Å². The molecule has 0 spiro atoms. The second-order valence-corrected chi connectivity index (χ2v) is 23.6. The first kappa shape index (κ1) is 77.0. The molecule has 3 amide bonds. The number of hydrogen-bond acceptors (Lipinski definition) is 37. The van der Waals surface area contributed by atoms with Crippen LogP contribution in [-0.4, -0.2) is 350 Å². The standard InChI is InChI=1S/C42H65N3O43S3/c1-8(47)43-11(4-46)27(17(51)12(50)5-76-89(67,68)69)81-41-25(59)22(56)30(33(87-41)36(63)64)84-39-16(45-10(3)49)29(19(53)14(80-39)7-78-91(73,74)75)83-42-26(60)23(57)31(34(88-42)37(65)66)85-38-15(44-9(2)48)28(18(52)13(79-38)6-77-90(70,71)72)82-40-24(58)20(54)21(55)32(86-40)35(61)62/h4,11-34,38-42,50-60H,5-7H2,1-3H3,(H,43,47)(H,44,48)(H,45,49)(H,61,62)(H,63,64)(H,65,66)(H,67,68,69)(H,70,71,72)(H,73,74,75)/t11-,12+,13+,14+,15+,16+,17-,18-,19-,20-,21-,22+,23+,24+,25+,26+,27+,28+,29+,30-,31-,32-,33-,34-,38-,39-,40+,41+,42+/m0/s1. The molecule has 5 saturated heterocycles. The van der Waals surface area contributed by atoms with Gasteiger partial charge in [0.05, 0.1) is 19.8 Å². The lowest BCUT2D eigenvalue weighted by Crippen LogP contribution is -2.71. The van der Waals surface area contributed by atoms with Crippen LogP contribution in [0.4, 0.5) is 0 Å². The fourth-order valence-electron chi connectivity index (χ4n) is 9.57. The first-order chi connectivity index (χ1) is 42.0. The third kappa shape index (κ3) is 20.2. The number of carboxylic acids is 3. The molecular formula is C42H65N3O43S3. The van der Waals surface area contributed by atoms with Crippen LogP contribution in [0.25, 0.3) is 0 Å². The topological polar surface area (TPSA) is 722 Å². The molecule has 91 heavy (non-hydrogen) atoms. The average molecular weight is 1400 g/mol. The molecule has 46 nitrogen and oxygen atoms in total. The molecule has 0 saturated carbocycles. The Kier molecular flexibility index (Phi) is 26.8. The summed E-state index contributed by atoms with van der Waals surface area (Å²) in [4.78, 5) is 87.6. The van der Waals surface area contributed by atoms with Crippen molar-refractivity contribution in [2.45, 2.75) is 199 Å². The number of carboxylic acid groups (broad SMARTS) is 3. The number of aliphatic hydroxyl groups is 11. The van der Waals surface area contributed by atoms with E-state index in [1.807, 2.05) is 5.32 Å². The Bertz CT molecular complexity index is 2900. The van der Waals surface area contributed by atoms with Crippen molar-refractivity contribution in [3.63, 3.8) is 0 Å². The van der Waals surface area contributed by atoms with Crippen LogP contribution in [0.2, 0.25) is 0 Å². The van der Waals surface area contributed by atoms with Crippen LogP contribution in [0, 0.1) is 0 Å². The van der Waals surface area contributed by atoms with Gasteiger partial charge in [0.1, 0.15) is 134 Å². The number of carbonyl (C=O) groups excluding carboxylic acids is 4. The summed E-state index contributed by atoms with van der Waals surface area (Å²) in [7, 11) is -16.3. The molecule has 0 bridgehead atoms. The van der Waals surface area contributed by atoms with Gasteiger partial charge < -0.3 is 140 Å². The Balaban J connectivity index is 1.51. The van der Waals surface area contributed by atoms with E-state index >= 15 is 0 Å². The van der Waals surface area contributed by atoms with E-state index in [2.05, 4.69) is 23.2 Å². The van der Waals surface area contributed by atoms with Crippen molar-refractivity contribution in [3.05, 3.63) is 0 Å². The zero-order valence-corrected chi connectivity index (χ0v) is 48.8. The molecule has 29 atom stereocenters. The van der Waals surface area contributed by atoms with Gasteiger partial charge in [-0.3, -0.25) is 28.0 Å². The van der Waals surface area contributed by atoms with Crippen molar-refractivity contribution in [2.24, 2.45) is 0 Å². The lowest BCUT2D eigenvalue weighted by molar-refractivity contribution is -0.375. The van der Waals surface area contributed by atoms with E-state index in [-0.39, 0.29) is 6.29 Å². The van der Waals surface area contributed by atoms with Crippen LogP contribution in [0.1, 0.15) is 20.8 Å². The first-order valence-corrected chi connectivity index (χ1v) is 29.9. The maximum atomic E-state index is 13.1. The van der Waals surface area contributed by atoms with Gasteiger partial charge in [0.2, 0.25) is 17.7 Å². The number of hydrogen-bond donors (Lipinski definition) is 20. The summed E-state index contributed by atoms with van der Waals surface area (Å²) >= 11 is 0. The maximum absolute atomic E-state index is 13.1. The van der Waals surface area contributed by atoms with Crippen molar-refractivity contribution in [3.8, 4) is 0 Å². The smallest absolute Gasteiger partial charge is 0.397 e. The number of ether oxygens (including phenoxy) is 10. The molecule has 0 aliphatic carbocycles. The molecule has 5 aliphatic heterocycles. The highest BCUT2D eigenvalue weighted by Crippen LogP contribution is 2.37. The van der Waals surface area contributed by atoms with E-state index in [9.17, 15) is 139 Å². The van der Waals surface area contributed by atoms with Gasteiger partial charge in [-0.1, -0.05) is 0 Å². The summed E-state index contributed by atoms with van der Waals surface area (Å²) in [5.41, 5.74) is 0. The summed E-state index contributed by atoms with van der Waals surface area (Å²) in [6.07, 6.45) is -66.3. The monoisotopic (exact) mass is 1400 g/mol. The van der Waals surface area contributed by atoms with Crippen molar-refractivity contribution >= 4 is 73.1 Å². The maximum Gasteiger partial charge on any atom is 0.397 e. The fraction of sp³-hybridized carbons (Fsp3) is 0.833. The fourth-order valence-corrected chi connectivity index (χ4v) is 10.5. The molecule has 0 aromatic heterocycles. The number of rotatable bonds is 29. The van der Waals surface area contributed by atoms with Crippen LogP contribution in [0.3, 0.4) is 0 Å². The molecule has 5 rings (SSSR count). The molecule has 0 aromatic rings. The highest BCUT2D eigenvalue weighted by molar-refractivity contribution is 7.81. The van der Waals surface area contributed by atoms with Crippen molar-refractivity contribution in [1.82, 2.24) is 16.0 Å². The van der Waals surface area contributed by atoms with E-state index in [4.69, 9.17) is 51.9 Å². The number of amides is 3. The van der Waals surface area contributed by atoms with Gasteiger partial charge in [-0.25, -0.2) is 26.9 Å². The van der Waals surface area contributed by atoms with Gasteiger partial charge in [-0.2, -0.15) is 25.3 Å². The Morgan fingerprint density at radius 1 is 0.462 bits per heavy atom. The lowest BCUT2D eigenvalue weighted by Gasteiger charge is -2.50. The normalized spacial score (nSPS) is 38.8. The molecule has 20 N–H and O–H groups in total. The molecule has 5 fully saturated rings. The molecular weight excluding hydrogens is 1330 g/mol. The summed E-state index contributed by atoms with van der Waals surface area (Å²) in [5.74, 6) is -9.75. The van der Waals surface area contributed by atoms with Gasteiger partial charge >= 0.3 is 49.1 Å². The summed E-state index contributed by atoms with van der Waals surface area (Å²) in [6.45, 7) is -2.18. The van der Waals surface area contributed by atoms with Gasteiger partial charge in [0, 0.05) is 20.8 Å². The first-order valence-electron chi connectivity index (χ1n) is 25.8. The molecule has 524 valence electrons. The number of nitrogens with one attached hydrogen (secondary N) is 3. The van der Waals surface area contributed by atoms with Crippen molar-refractivity contribution in [1.29, 1.82) is 0 Å². The zero-order valence-electron chi connectivity index (χ0n) is 46.4. The quantitative estimate of drug-likeness (QED) is 0.0244. The Morgan fingerprint density at radius 3 is 1.19 bits per heavy atom. The second kappa shape index (κ2) is 31.7. The minimum absolute atomic E-state index is 0.157. The number of aliphatic hydroxyl groups excluding tert-OH is 11. The summed E-state index contributed by atoms with van der Waals surface area (Å²) in [6, 6.07) is -6.64. The van der Waals surface area contributed by atoms with Crippen LogP contribution >= 0.6 is 0 Å². The Labute approximate surface area is 510 Å². The van der Waals surface area contributed by atoms with Crippen LogP contribution in [0.15, 0.2) is 0 Å². The predicted molar refractivity (Wildman–Crippen MR) is 268 cm³/mol.